The number of morpholine rings is 1. The summed E-state index contributed by atoms with van der Waals surface area (Å²) in [5.41, 5.74) is 2.36. The number of rotatable bonds is 5. The van der Waals surface area contributed by atoms with Crippen molar-refractivity contribution in [1.82, 2.24) is 4.90 Å². The number of hydrogen-bond donors (Lipinski definition) is 0. The van der Waals surface area contributed by atoms with Crippen molar-refractivity contribution in [1.29, 1.82) is 0 Å². The highest BCUT2D eigenvalue weighted by Crippen LogP contribution is 2.55. The molecule has 3 aliphatic rings. The van der Waals surface area contributed by atoms with Crippen LogP contribution in [-0.2, 0) is 19.2 Å². The van der Waals surface area contributed by atoms with Crippen LogP contribution in [0.5, 0.6) is 11.5 Å². The maximum absolute atomic E-state index is 14.1. The van der Waals surface area contributed by atoms with E-state index in [0.29, 0.717) is 42.1 Å². The second-order valence-electron chi connectivity index (χ2n) is 8.83. The molecular weight excluding hydrogens is 498 g/mol. The highest BCUT2D eigenvalue weighted by molar-refractivity contribution is 8.02. The van der Waals surface area contributed by atoms with Crippen molar-refractivity contribution in [2.75, 3.05) is 48.5 Å². The lowest BCUT2D eigenvalue weighted by atomic mass is 10.0. The van der Waals surface area contributed by atoms with Crippen LogP contribution in [0.4, 0.5) is 11.4 Å². The van der Waals surface area contributed by atoms with Crippen molar-refractivity contribution in [3.63, 3.8) is 0 Å². The molecule has 0 bridgehead atoms. The van der Waals surface area contributed by atoms with Crippen LogP contribution in [0, 0.1) is 0 Å². The van der Waals surface area contributed by atoms with Crippen LogP contribution in [-0.4, -0.2) is 55.4 Å². The van der Waals surface area contributed by atoms with Gasteiger partial charge in [0.1, 0.15) is 11.5 Å². The summed E-state index contributed by atoms with van der Waals surface area (Å²) in [5, 5.41) is 0.636. The number of hydrogen-bond acceptors (Lipinski definition) is 6. The second kappa shape index (κ2) is 9.44. The number of ether oxygens (including phenoxy) is 2. The van der Waals surface area contributed by atoms with Crippen LogP contribution in [0.2, 0.25) is 5.02 Å². The van der Waals surface area contributed by atoms with E-state index in [4.69, 9.17) is 21.1 Å². The van der Waals surface area contributed by atoms with Crippen molar-refractivity contribution in [2.24, 2.45) is 0 Å². The van der Waals surface area contributed by atoms with Crippen LogP contribution in [0.1, 0.15) is 5.56 Å². The van der Waals surface area contributed by atoms with Crippen LogP contribution in [0.3, 0.4) is 0 Å². The molecule has 0 aromatic heterocycles. The number of carbonyl (C=O) groups is 2. The molecule has 0 radical (unpaired) electrons. The topological polar surface area (TPSA) is 62.3 Å². The SMILES string of the molecule is O=C1CSC2(C(=O)N(CN3CCOCC3)c3ccccc32)N1c1ccc(Oc2ccc(Cl)cc2)cc1. The van der Waals surface area contributed by atoms with Gasteiger partial charge in [0.15, 0.2) is 0 Å². The molecule has 0 N–H and O–H groups in total. The summed E-state index contributed by atoms with van der Waals surface area (Å²) < 4.78 is 11.4. The van der Waals surface area contributed by atoms with E-state index >= 15 is 0 Å². The normalized spacial score (nSPS) is 21.9. The zero-order chi connectivity index (χ0) is 24.7. The van der Waals surface area contributed by atoms with Gasteiger partial charge >= 0.3 is 0 Å². The average Bonchev–Trinajstić information content (AvgIpc) is 3.37. The average molecular weight is 522 g/mol. The van der Waals surface area contributed by atoms with Crippen LogP contribution < -0.4 is 14.5 Å². The van der Waals surface area contributed by atoms with Gasteiger partial charge in [-0.15, -0.1) is 11.8 Å². The summed E-state index contributed by atoms with van der Waals surface area (Å²) in [7, 11) is 0. The Morgan fingerprint density at radius 2 is 1.58 bits per heavy atom. The fraction of sp³-hybridized carbons (Fsp3) is 0.259. The highest BCUT2D eigenvalue weighted by atomic mass is 35.5. The zero-order valence-corrected chi connectivity index (χ0v) is 21.0. The summed E-state index contributed by atoms with van der Waals surface area (Å²) >= 11 is 7.35. The molecule has 3 aromatic carbocycles. The Morgan fingerprint density at radius 3 is 2.31 bits per heavy atom. The van der Waals surface area contributed by atoms with Gasteiger partial charge in [0.25, 0.3) is 5.91 Å². The van der Waals surface area contributed by atoms with Crippen LogP contribution in [0.15, 0.2) is 72.8 Å². The molecule has 3 heterocycles. The Morgan fingerprint density at radius 1 is 0.917 bits per heavy atom. The molecule has 3 aromatic rings. The monoisotopic (exact) mass is 521 g/mol. The van der Waals surface area contributed by atoms with Crippen molar-refractivity contribution in [3.8, 4) is 11.5 Å². The van der Waals surface area contributed by atoms with E-state index < -0.39 is 4.87 Å². The molecular formula is C27H24ClN3O4S. The van der Waals surface area contributed by atoms with Gasteiger partial charge in [-0.2, -0.15) is 0 Å². The van der Waals surface area contributed by atoms with Gasteiger partial charge in [-0.3, -0.25) is 24.3 Å². The third-order valence-electron chi connectivity index (χ3n) is 6.65. The summed E-state index contributed by atoms with van der Waals surface area (Å²) in [6.07, 6.45) is 0. The van der Waals surface area contributed by atoms with Gasteiger partial charge in [0.05, 0.1) is 31.3 Å². The number of fused-ring (bicyclic) bond motifs is 2. The maximum atomic E-state index is 14.1. The first-order valence-electron chi connectivity index (χ1n) is 11.8. The minimum absolute atomic E-state index is 0.0902. The highest BCUT2D eigenvalue weighted by Gasteiger charge is 2.61. The Balaban J connectivity index is 1.32. The van der Waals surface area contributed by atoms with Gasteiger partial charge in [-0.25, -0.2) is 0 Å². The van der Waals surface area contributed by atoms with Crippen molar-refractivity contribution in [2.45, 2.75) is 4.87 Å². The molecule has 2 amide bonds. The minimum atomic E-state index is -1.13. The van der Waals surface area contributed by atoms with E-state index in [1.54, 1.807) is 29.2 Å². The summed E-state index contributed by atoms with van der Waals surface area (Å²) in [6, 6.07) is 22.2. The third kappa shape index (κ3) is 3.94. The number of halogens is 1. The molecule has 1 atom stereocenters. The van der Waals surface area contributed by atoms with Gasteiger partial charge in [0, 0.05) is 29.4 Å². The smallest absolute Gasteiger partial charge is 0.269 e. The van der Waals surface area contributed by atoms with Crippen molar-refractivity contribution < 1.29 is 19.1 Å². The first-order valence-corrected chi connectivity index (χ1v) is 13.1. The number of nitrogens with zero attached hydrogens (tertiary/aromatic N) is 3. The molecule has 2 fully saturated rings. The number of thioether (sulfide) groups is 1. The standard InChI is InChI=1S/C27H24ClN3O4S/c28-19-5-9-21(10-6-19)35-22-11-7-20(8-12-22)31-25(32)17-36-27(31)23-3-1-2-4-24(23)30(26(27)33)18-29-13-15-34-16-14-29/h1-12H,13-18H2. The zero-order valence-electron chi connectivity index (χ0n) is 19.4. The minimum Gasteiger partial charge on any atom is -0.457 e. The number of para-hydroxylation sites is 1. The second-order valence-corrected chi connectivity index (χ2v) is 10.4. The van der Waals surface area contributed by atoms with E-state index in [-0.39, 0.29) is 17.6 Å². The predicted octanol–water partition coefficient (Wildman–Crippen LogP) is 4.70. The molecule has 36 heavy (non-hydrogen) atoms. The molecule has 184 valence electrons. The Hall–Kier alpha value is -3.04. The van der Waals surface area contributed by atoms with Gasteiger partial charge in [0.2, 0.25) is 10.8 Å². The largest absolute Gasteiger partial charge is 0.457 e. The fourth-order valence-corrected chi connectivity index (χ4v) is 6.43. The van der Waals surface area contributed by atoms with Gasteiger partial charge in [-0.05, 0) is 54.6 Å². The lowest BCUT2D eigenvalue weighted by Gasteiger charge is -2.35. The quantitative estimate of drug-likeness (QED) is 0.485. The summed E-state index contributed by atoms with van der Waals surface area (Å²) in [6.45, 7) is 3.31. The van der Waals surface area contributed by atoms with Crippen molar-refractivity contribution in [3.05, 3.63) is 83.4 Å². The Kier molecular flexibility index (Phi) is 6.13. The number of benzene rings is 3. The molecule has 6 rings (SSSR count). The Labute approximate surface area is 218 Å². The molecule has 0 saturated carbocycles. The first kappa shape index (κ1) is 23.4. The lowest BCUT2D eigenvalue weighted by molar-refractivity contribution is -0.124. The number of anilines is 2. The summed E-state index contributed by atoms with van der Waals surface area (Å²) in [5.74, 6) is 1.33. The number of amides is 2. The number of carbonyl (C=O) groups excluding carboxylic acids is 2. The molecule has 0 aliphatic carbocycles. The third-order valence-corrected chi connectivity index (χ3v) is 8.29. The van der Waals surface area contributed by atoms with Crippen LogP contribution >= 0.6 is 23.4 Å². The Bertz CT molecular complexity index is 1300. The molecule has 2 saturated heterocycles. The molecule has 9 heteroatoms. The van der Waals surface area contributed by atoms with E-state index in [2.05, 4.69) is 4.90 Å². The van der Waals surface area contributed by atoms with E-state index in [0.717, 1.165) is 24.3 Å². The molecule has 1 spiro atoms. The van der Waals surface area contributed by atoms with E-state index in [9.17, 15) is 9.59 Å². The molecule has 1 unspecified atom stereocenters. The van der Waals surface area contributed by atoms with Gasteiger partial charge < -0.3 is 9.47 Å². The van der Waals surface area contributed by atoms with Crippen LogP contribution in [0.25, 0.3) is 0 Å². The molecule has 7 nitrogen and oxygen atoms in total. The molecule has 3 aliphatic heterocycles. The lowest BCUT2D eigenvalue weighted by Crippen LogP contribution is -2.52. The van der Waals surface area contributed by atoms with Crippen molar-refractivity contribution >= 4 is 46.6 Å². The maximum Gasteiger partial charge on any atom is 0.269 e. The summed E-state index contributed by atoms with van der Waals surface area (Å²) in [4.78, 5) is 32.0. The van der Waals surface area contributed by atoms with Gasteiger partial charge in [-0.1, -0.05) is 29.8 Å². The fourth-order valence-electron chi connectivity index (χ4n) is 4.94. The predicted molar refractivity (Wildman–Crippen MR) is 141 cm³/mol. The van der Waals surface area contributed by atoms with E-state index in [1.807, 2.05) is 53.4 Å². The first-order chi connectivity index (χ1) is 17.6. The van der Waals surface area contributed by atoms with E-state index in [1.165, 1.54) is 11.8 Å².